The first kappa shape index (κ1) is 5.61. The Balaban J connectivity index is 2.86. The number of hydrogen-bond acceptors (Lipinski definition) is 3. The molecule has 4 heteroatoms. The van der Waals surface area contributed by atoms with Crippen LogP contribution in [0.3, 0.4) is 0 Å². The van der Waals surface area contributed by atoms with E-state index in [0.29, 0.717) is 0 Å². The summed E-state index contributed by atoms with van der Waals surface area (Å²) in [5.41, 5.74) is 0.905. The third-order valence-electron chi connectivity index (χ3n) is 1.25. The molecule has 50 valence electrons. The van der Waals surface area contributed by atoms with Crippen LogP contribution in [-0.4, -0.2) is 9.59 Å². The highest BCUT2D eigenvalue weighted by Crippen LogP contribution is 2.10. The Bertz CT molecular complexity index is 355. The molecule has 2 aromatic heterocycles. The van der Waals surface area contributed by atoms with E-state index in [1.807, 2.05) is 18.5 Å². The van der Waals surface area contributed by atoms with Gasteiger partial charge in [-0.05, 0) is 17.6 Å². The molecule has 0 amide bonds. The maximum Gasteiger partial charge on any atom is 0.112 e. The maximum absolute atomic E-state index is 3.89. The fourth-order valence-corrected chi connectivity index (χ4v) is 1.30. The Morgan fingerprint density at radius 1 is 1.60 bits per heavy atom. The lowest BCUT2D eigenvalue weighted by atomic mass is 10.4. The van der Waals surface area contributed by atoms with Gasteiger partial charge in [0, 0.05) is 7.05 Å². The van der Waals surface area contributed by atoms with Crippen LogP contribution in [0.1, 0.15) is 0 Å². The van der Waals surface area contributed by atoms with Gasteiger partial charge in [0.1, 0.15) is 5.52 Å². The van der Waals surface area contributed by atoms with Crippen molar-refractivity contribution in [2.75, 3.05) is 0 Å². The summed E-state index contributed by atoms with van der Waals surface area (Å²) in [4.78, 5) is 0. The second-order valence-electron chi connectivity index (χ2n) is 1.98. The average molecular weight is 151 g/mol. The van der Waals surface area contributed by atoms with Crippen molar-refractivity contribution in [1.29, 1.82) is 0 Å². The van der Waals surface area contributed by atoms with Gasteiger partial charge in [0.2, 0.25) is 0 Å². The molecular formula is C6H5N3S. The first-order valence-electron chi connectivity index (χ1n) is 2.80. The van der Waals surface area contributed by atoms with Crippen LogP contribution >= 0.6 is 11.5 Å². The van der Waals surface area contributed by atoms with Gasteiger partial charge in [-0.15, -0.1) is 5.10 Å². The molecule has 0 radical (unpaired) electrons. The molecule has 0 aromatic carbocycles. The fourth-order valence-electron chi connectivity index (χ4n) is 0.773. The largest absolute Gasteiger partial charge is 0.338 e. The number of nitrogens with zero attached hydrogens (tertiary/aromatic N) is 3. The molecule has 0 unspecified atom stereocenters. The van der Waals surface area contributed by atoms with Crippen molar-refractivity contribution in [3.8, 4) is 0 Å². The Hall–Kier alpha value is -1.16. The maximum atomic E-state index is 3.89. The summed E-state index contributed by atoms with van der Waals surface area (Å²) in [6, 6.07) is 1.95. The highest BCUT2D eigenvalue weighted by molar-refractivity contribution is 7.12. The topological polar surface area (TPSA) is 29.7 Å². The monoisotopic (exact) mass is 151 g/mol. The predicted octanol–water partition coefficient (Wildman–Crippen LogP) is 0.618. The molecule has 0 bridgehead atoms. The lowest BCUT2D eigenvalue weighted by Gasteiger charge is -1.90. The molecule has 0 aliphatic heterocycles. The predicted molar refractivity (Wildman–Crippen MR) is 38.4 cm³/mol. The summed E-state index contributed by atoms with van der Waals surface area (Å²) < 4.78 is 6.60. The number of pyridine rings is 1. The van der Waals surface area contributed by atoms with Crippen molar-refractivity contribution in [3.63, 3.8) is 0 Å². The van der Waals surface area contributed by atoms with Gasteiger partial charge < -0.3 is 4.57 Å². The summed E-state index contributed by atoms with van der Waals surface area (Å²) in [7, 11) is 3.70. The summed E-state index contributed by atoms with van der Waals surface area (Å²) in [6.07, 6.45) is 3.72. The van der Waals surface area contributed by atoms with E-state index in [1.54, 1.807) is 4.57 Å². The van der Waals surface area contributed by atoms with Crippen molar-refractivity contribution in [3.05, 3.63) is 25.5 Å². The second-order valence-corrected chi connectivity index (χ2v) is 2.77. The lowest BCUT2D eigenvalue weighted by Crippen LogP contribution is -2.22. The highest BCUT2D eigenvalue weighted by atomic mass is 32.1. The molecule has 3 nitrogen and oxygen atoms in total. The Morgan fingerprint density at radius 2 is 2.50 bits per heavy atom. The van der Waals surface area contributed by atoms with E-state index in [-0.39, 0.29) is 0 Å². The third-order valence-corrected chi connectivity index (χ3v) is 1.95. The SMILES string of the molecule is [CH2-][n+]1ccc2snnc2c1. The number of hydrogen-bond donors (Lipinski definition) is 0. The Morgan fingerprint density at radius 3 is 3.40 bits per heavy atom. The number of aromatic nitrogens is 3. The summed E-state index contributed by atoms with van der Waals surface area (Å²) in [5.74, 6) is 0. The summed E-state index contributed by atoms with van der Waals surface area (Å²) in [6.45, 7) is 0. The van der Waals surface area contributed by atoms with E-state index in [2.05, 4.69) is 16.6 Å². The molecule has 0 fully saturated rings. The van der Waals surface area contributed by atoms with Crippen LogP contribution in [0.25, 0.3) is 10.2 Å². The van der Waals surface area contributed by atoms with Crippen molar-refractivity contribution in [1.82, 2.24) is 9.59 Å². The summed E-state index contributed by atoms with van der Waals surface area (Å²) in [5, 5.41) is 3.89. The smallest absolute Gasteiger partial charge is 0.112 e. The zero-order valence-electron chi connectivity index (χ0n) is 5.19. The molecule has 0 aliphatic carbocycles. The average Bonchev–Trinajstić information content (AvgIpc) is 2.33. The van der Waals surface area contributed by atoms with E-state index < -0.39 is 0 Å². The third kappa shape index (κ3) is 0.733. The van der Waals surface area contributed by atoms with E-state index in [1.165, 1.54) is 11.5 Å². The van der Waals surface area contributed by atoms with E-state index >= 15 is 0 Å². The molecule has 0 atom stereocenters. The Labute approximate surface area is 62.1 Å². The zero-order chi connectivity index (χ0) is 6.97. The highest BCUT2D eigenvalue weighted by Gasteiger charge is 1.94. The molecule has 0 spiro atoms. The zero-order valence-corrected chi connectivity index (χ0v) is 6.01. The molecule has 2 heterocycles. The molecule has 2 aromatic rings. The van der Waals surface area contributed by atoms with Gasteiger partial charge in [-0.1, -0.05) is 4.49 Å². The normalized spacial score (nSPS) is 10.4. The van der Waals surface area contributed by atoms with E-state index in [9.17, 15) is 0 Å². The molecule has 10 heavy (non-hydrogen) atoms. The van der Waals surface area contributed by atoms with Crippen molar-refractivity contribution in [2.45, 2.75) is 0 Å². The van der Waals surface area contributed by atoms with Gasteiger partial charge in [-0.2, -0.15) is 0 Å². The fraction of sp³-hybridized carbons (Fsp3) is 0. The molecule has 0 saturated carbocycles. The minimum absolute atomic E-state index is 0.905. The summed E-state index contributed by atoms with van der Waals surface area (Å²) >= 11 is 1.39. The van der Waals surface area contributed by atoms with Crippen LogP contribution in [0.4, 0.5) is 0 Å². The first-order chi connectivity index (χ1) is 4.86. The van der Waals surface area contributed by atoms with Crippen LogP contribution in [0.15, 0.2) is 18.5 Å². The number of fused-ring (bicyclic) bond motifs is 1. The molecule has 0 saturated heterocycles. The Kier molecular flexibility index (Phi) is 1.07. The van der Waals surface area contributed by atoms with Gasteiger partial charge in [-0.25, -0.2) is 0 Å². The molecular weight excluding hydrogens is 146 g/mol. The second kappa shape index (κ2) is 1.91. The van der Waals surface area contributed by atoms with E-state index in [0.717, 1.165) is 10.2 Å². The van der Waals surface area contributed by atoms with E-state index in [4.69, 9.17) is 0 Å². The standard InChI is InChI=1S/C6H5N3S/c1-9-3-2-6-5(4-9)7-8-10-6/h2-4H,1H2. The minimum atomic E-state index is 0.905. The quantitative estimate of drug-likeness (QED) is 0.408. The molecule has 2 rings (SSSR count). The van der Waals surface area contributed by atoms with Gasteiger partial charge >= 0.3 is 0 Å². The first-order valence-corrected chi connectivity index (χ1v) is 3.58. The van der Waals surface area contributed by atoms with Crippen LogP contribution in [0, 0.1) is 7.05 Å². The van der Waals surface area contributed by atoms with Crippen LogP contribution in [0.2, 0.25) is 0 Å². The van der Waals surface area contributed by atoms with Gasteiger partial charge in [0.15, 0.2) is 0 Å². The van der Waals surface area contributed by atoms with Crippen LogP contribution < -0.4 is 4.57 Å². The lowest BCUT2D eigenvalue weighted by molar-refractivity contribution is -0.610. The van der Waals surface area contributed by atoms with Crippen LogP contribution in [-0.2, 0) is 0 Å². The molecule has 0 N–H and O–H groups in total. The van der Waals surface area contributed by atoms with Gasteiger partial charge in [0.05, 0.1) is 17.1 Å². The number of rotatable bonds is 0. The van der Waals surface area contributed by atoms with Crippen molar-refractivity contribution >= 4 is 21.7 Å². The van der Waals surface area contributed by atoms with Crippen molar-refractivity contribution in [2.24, 2.45) is 0 Å². The van der Waals surface area contributed by atoms with Gasteiger partial charge in [0.25, 0.3) is 0 Å². The van der Waals surface area contributed by atoms with Crippen LogP contribution in [0.5, 0.6) is 0 Å². The molecule has 0 aliphatic rings. The van der Waals surface area contributed by atoms with Crippen molar-refractivity contribution < 1.29 is 4.57 Å². The minimum Gasteiger partial charge on any atom is -0.338 e. The van der Waals surface area contributed by atoms with Gasteiger partial charge in [-0.3, -0.25) is 0 Å².